The van der Waals surface area contributed by atoms with E-state index in [2.05, 4.69) is 78.3 Å². The molecule has 6 heteroatoms. The van der Waals surface area contributed by atoms with Crippen LogP contribution in [0, 0.1) is 0 Å². The summed E-state index contributed by atoms with van der Waals surface area (Å²) in [5, 5.41) is 12.3. The van der Waals surface area contributed by atoms with Gasteiger partial charge in [-0.2, -0.15) is 0 Å². The van der Waals surface area contributed by atoms with Gasteiger partial charge in [-0.15, -0.1) is 24.8 Å². The van der Waals surface area contributed by atoms with Crippen LogP contribution in [-0.4, -0.2) is 29.2 Å². The predicted molar refractivity (Wildman–Crippen MR) is 123 cm³/mol. The Balaban J connectivity index is 0.00000196. The number of hydrogen-bond acceptors (Lipinski definition) is 3. The van der Waals surface area contributed by atoms with Gasteiger partial charge in [0.2, 0.25) is 0 Å². The maximum absolute atomic E-state index is 10.1. The molecular weight excluding hydrogens is 429 g/mol. The SMILES string of the molecule is Cl.Cl.[CH2]=[Ti]([CH3])([CH2]CO)([NH]C(C)(C)C)([O]C)[CH]1c2ccccc2-c2ccccc21. The van der Waals surface area contributed by atoms with Gasteiger partial charge in [-0.05, 0) is 0 Å². The third-order valence-corrected chi connectivity index (χ3v) is 17.7. The van der Waals surface area contributed by atoms with Gasteiger partial charge in [0.25, 0.3) is 0 Å². The molecule has 0 atom stereocenters. The molecule has 157 valence electrons. The van der Waals surface area contributed by atoms with Crippen molar-refractivity contribution in [3.63, 3.8) is 0 Å². The Hall–Kier alpha value is -0.516. The molecule has 0 bridgehead atoms. The number of rotatable bonds is 5. The first-order chi connectivity index (χ1) is 12.0. The van der Waals surface area contributed by atoms with Gasteiger partial charge in [0.1, 0.15) is 0 Å². The first-order valence-electron chi connectivity index (χ1n) is 9.41. The molecule has 3 nitrogen and oxygen atoms in total. The molecule has 1 aliphatic rings. The van der Waals surface area contributed by atoms with Crippen LogP contribution < -0.4 is 3.80 Å². The summed E-state index contributed by atoms with van der Waals surface area (Å²) in [5.41, 5.74) is 4.81. The average molecular weight is 463 g/mol. The monoisotopic (exact) mass is 462 g/mol. The standard InChI is InChI=1S/C13H9.C4H10N.C2H5O.CH3O.CH3.CH2.2ClH.Ti/c1-3-7-12-10(5-1)9-11-6-2-4-8-13(11)12;1-4(2,3)5;1-2-3;1-2;;;;;/h1-9H;5H,1-3H3;3H,1-2H2;1H3;1H3;1H2;2*1H;/q;-1;;-1;;;;;+2. The quantitative estimate of drug-likeness (QED) is 0.569. The zero-order chi connectivity index (χ0) is 19.3. The molecule has 0 aliphatic heterocycles. The molecule has 0 radical (unpaired) electrons. The summed E-state index contributed by atoms with van der Waals surface area (Å²) < 4.78 is 11.0. The van der Waals surface area contributed by atoms with Crippen LogP contribution in [0.1, 0.15) is 36.1 Å². The van der Waals surface area contributed by atoms with Crippen molar-refractivity contribution < 1.29 is 22.6 Å². The Bertz CT molecular complexity index is 908. The van der Waals surface area contributed by atoms with Gasteiger partial charge in [-0.3, -0.25) is 0 Å². The number of benzene rings is 2. The first kappa shape index (κ1) is 25.5. The molecule has 0 spiro atoms. The third-order valence-electron chi connectivity index (χ3n) is 6.22. The zero-order valence-electron chi connectivity index (χ0n) is 17.5. The van der Waals surface area contributed by atoms with Gasteiger partial charge in [0.15, 0.2) is 0 Å². The molecule has 2 aromatic carbocycles. The van der Waals surface area contributed by atoms with Crippen molar-refractivity contribution in [3.8, 4) is 11.1 Å². The van der Waals surface area contributed by atoms with Crippen LogP contribution in [0.3, 0.4) is 0 Å². The van der Waals surface area contributed by atoms with E-state index in [9.17, 15) is 5.11 Å². The summed E-state index contributed by atoms with van der Waals surface area (Å²) in [7, 11) is 1.77. The van der Waals surface area contributed by atoms with Gasteiger partial charge in [-0.1, -0.05) is 0 Å². The number of fused-ring (bicyclic) bond motifs is 3. The van der Waals surface area contributed by atoms with Crippen LogP contribution in [0.5, 0.6) is 0 Å². The Morgan fingerprint density at radius 2 is 1.43 bits per heavy atom. The Morgan fingerprint density at radius 3 is 1.79 bits per heavy atom. The number of nitrogens with one attached hydrogen (secondary N) is 1. The summed E-state index contributed by atoms with van der Waals surface area (Å²) in [6, 6.07) is 17.1. The Kier molecular flexibility index (Phi) is 6.95. The molecular formula is C22H34Cl2NO2Ti. The van der Waals surface area contributed by atoms with Crippen LogP contribution in [-0.2, 0) is 17.5 Å². The molecule has 0 saturated carbocycles. The van der Waals surface area contributed by atoms with Gasteiger partial charge >= 0.3 is 156 Å². The van der Waals surface area contributed by atoms with Crippen molar-refractivity contribution in [2.75, 3.05) is 13.7 Å². The minimum absolute atomic E-state index is 0. The number of aliphatic hydroxyl groups is 1. The normalized spacial score (nSPS) is 16.1. The van der Waals surface area contributed by atoms with E-state index >= 15 is 0 Å². The average Bonchev–Trinajstić information content (AvgIpc) is 2.89. The van der Waals surface area contributed by atoms with Crippen molar-refractivity contribution in [1.29, 1.82) is 0 Å². The van der Waals surface area contributed by atoms with E-state index in [1.807, 2.05) is 0 Å². The molecule has 2 aromatic rings. The molecule has 28 heavy (non-hydrogen) atoms. The molecule has 0 saturated heterocycles. The van der Waals surface area contributed by atoms with Crippen LogP contribution in [0.25, 0.3) is 11.1 Å². The second-order valence-electron chi connectivity index (χ2n) is 9.77. The van der Waals surface area contributed by atoms with E-state index < -0.39 is 14.2 Å². The van der Waals surface area contributed by atoms with Crippen LogP contribution in [0.2, 0.25) is 9.95 Å². The van der Waals surface area contributed by atoms with Gasteiger partial charge in [-0.25, -0.2) is 0 Å². The second kappa shape index (κ2) is 7.63. The summed E-state index contributed by atoms with van der Waals surface area (Å²) in [6.07, 6.45) is 0. The minimum atomic E-state index is -4.74. The Labute approximate surface area is 180 Å². The predicted octanol–water partition coefficient (Wildman–Crippen LogP) is 5.58. The van der Waals surface area contributed by atoms with Crippen molar-refractivity contribution in [2.24, 2.45) is 0 Å². The van der Waals surface area contributed by atoms with E-state index in [0.717, 1.165) is 0 Å². The summed E-state index contributed by atoms with van der Waals surface area (Å²) in [5.74, 6) is 0. The number of halogens is 2. The van der Waals surface area contributed by atoms with E-state index in [4.69, 9.17) is 8.14 Å². The molecule has 0 fully saturated rings. The molecule has 1 aliphatic carbocycles. The van der Waals surface area contributed by atoms with E-state index in [1.54, 1.807) is 7.11 Å². The van der Waals surface area contributed by atoms with E-state index in [-0.39, 0.29) is 41.2 Å². The molecule has 0 unspecified atom stereocenters. The van der Waals surface area contributed by atoms with E-state index in [0.29, 0.717) is 4.73 Å². The fraction of sp³-hybridized carbons (Fsp3) is 0.409. The topological polar surface area (TPSA) is 41.5 Å². The number of hydrogen-bond donors (Lipinski definition) is 2. The van der Waals surface area contributed by atoms with Crippen molar-refractivity contribution >= 4 is 29.6 Å². The molecule has 2 N–H and O–H groups in total. The summed E-state index contributed by atoms with van der Waals surface area (Å²) >= 11 is -4.74. The number of aliphatic hydroxyl groups excluding tert-OH is 1. The zero-order valence-corrected chi connectivity index (χ0v) is 20.7. The summed E-state index contributed by atoms with van der Waals surface area (Å²) in [6.45, 7) is 6.49. The molecule has 0 amide bonds. The molecule has 0 heterocycles. The first-order valence-corrected chi connectivity index (χ1v) is 15.5. The molecule has 3 rings (SSSR count). The van der Waals surface area contributed by atoms with Gasteiger partial charge in [0.05, 0.1) is 0 Å². The fourth-order valence-electron chi connectivity index (χ4n) is 5.37. The van der Waals surface area contributed by atoms with E-state index in [1.165, 1.54) is 22.3 Å². The third kappa shape index (κ3) is 3.91. The van der Waals surface area contributed by atoms with Crippen LogP contribution in [0.4, 0.5) is 0 Å². The maximum atomic E-state index is 10.1. The fourth-order valence-corrected chi connectivity index (χ4v) is 16.2. The van der Waals surface area contributed by atoms with Gasteiger partial charge < -0.3 is 0 Å². The Morgan fingerprint density at radius 1 is 1.00 bits per heavy atom. The van der Waals surface area contributed by atoms with Crippen molar-refractivity contribution in [2.45, 2.75) is 40.5 Å². The summed E-state index contributed by atoms with van der Waals surface area (Å²) in [4.78, 5) is 4.90. The van der Waals surface area contributed by atoms with Gasteiger partial charge in [0, 0.05) is 0 Å². The van der Waals surface area contributed by atoms with Crippen molar-refractivity contribution in [1.82, 2.24) is 3.80 Å². The van der Waals surface area contributed by atoms with Crippen molar-refractivity contribution in [3.05, 3.63) is 59.7 Å². The van der Waals surface area contributed by atoms with Crippen LogP contribution >= 0.6 is 24.8 Å². The second-order valence-corrected chi connectivity index (χ2v) is 22.2. The van der Waals surface area contributed by atoms with Crippen LogP contribution in [0.15, 0.2) is 48.5 Å². The molecule has 0 aromatic heterocycles.